The van der Waals surface area contributed by atoms with Crippen LogP contribution in [0.5, 0.6) is 0 Å². The monoisotopic (exact) mass is 321 g/mol. The van der Waals surface area contributed by atoms with E-state index in [1.165, 1.54) is 35.3 Å². The van der Waals surface area contributed by atoms with Crippen molar-refractivity contribution in [3.8, 4) is 0 Å². The van der Waals surface area contributed by atoms with Gasteiger partial charge in [0.2, 0.25) is 0 Å². The highest BCUT2D eigenvalue weighted by molar-refractivity contribution is 9.10. The third-order valence-corrected chi connectivity index (χ3v) is 5.73. The normalized spacial score (nSPS) is 17.4. The van der Waals surface area contributed by atoms with Crippen LogP contribution in [0.2, 0.25) is 0 Å². The molecule has 1 unspecified atom stereocenters. The number of hydrogen-bond acceptors (Lipinski definition) is 2. The number of rotatable bonds is 3. The Kier molecular flexibility index (Phi) is 3.55. The summed E-state index contributed by atoms with van der Waals surface area (Å²) in [6.07, 6.45) is 4.04. The summed E-state index contributed by atoms with van der Waals surface area (Å²) < 4.78 is 1.12. The molecule has 2 aromatic rings. The third kappa shape index (κ3) is 2.27. The van der Waals surface area contributed by atoms with Crippen molar-refractivity contribution in [1.29, 1.82) is 0 Å². The van der Waals surface area contributed by atoms with Crippen LogP contribution >= 0.6 is 27.3 Å². The van der Waals surface area contributed by atoms with Crippen molar-refractivity contribution in [3.05, 3.63) is 56.2 Å². The molecule has 0 saturated heterocycles. The van der Waals surface area contributed by atoms with E-state index in [4.69, 9.17) is 5.73 Å². The van der Waals surface area contributed by atoms with Crippen molar-refractivity contribution < 1.29 is 0 Å². The van der Waals surface area contributed by atoms with Gasteiger partial charge in [-0.3, -0.25) is 0 Å². The summed E-state index contributed by atoms with van der Waals surface area (Å²) in [5.41, 5.74) is 9.06. The fourth-order valence-corrected chi connectivity index (χ4v) is 4.07. The van der Waals surface area contributed by atoms with Crippen LogP contribution in [0.1, 0.15) is 47.2 Å². The Morgan fingerprint density at radius 1 is 1.28 bits per heavy atom. The summed E-state index contributed by atoms with van der Waals surface area (Å²) in [6.45, 7) is 0. The first-order valence-corrected chi connectivity index (χ1v) is 8.01. The van der Waals surface area contributed by atoms with Crippen molar-refractivity contribution in [2.24, 2.45) is 5.73 Å². The molecule has 18 heavy (non-hydrogen) atoms. The zero-order valence-electron chi connectivity index (χ0n) is 10.1. The molecule has 1 heterocycles. The maximum absolute atomic E-state index is 6.37. The van der Waals surface area contributed by atoms with Crippen LogP contribution in [0.3, 0.4) is 0 Å². The van der Waals surface area contributed by atoms with Crippen LogP contribution < -0.4 is 5.73 Å². The minimum Gasteiger partial charge on any atom is -0.320 e. The Bertz CT molecular complexity index is 545. The Balaban J connectivity index is 1.89. The van der Waals surface area contributed by atoms with E-state index in [1.54, 1.807) is 11.3 Å². The second kappa shape index (κ2) is 5.16. The fraction of sp³-hybridized carbons (Fsp3) is 0.333. The molecular weight excluding hydrogens is 306 g/mol. The highest BCUT2D eigenvalue weighted by Gasteiger charge is 2.21. The number of thiophene rings is 1. The van der Waals surface area contributed by atoms with Gasteiger partial charge in [0.05, 0.1) is 6.04 Å². The molecule has 1 aliphatic rings. The molecule has 1 atom stereocenters. The van der Waals surface area contributed by atoms with E-state index in [2.05, 4.69) is 51.6 Å². The standard InChI is InChI=1S/C15H16BrNS/c16-13-7-8-18-15(13)14(17)12-6-2-5-11(9-12)10-3-1-4-10/h2,5-10,14H,1,3-4,17H2. The molecular formula is C15H16BrNS. The molecule has 94 valence electrons. The van der Waals surface area contributed by atoms with E-state index in [-0.39, 0.29) is 6.04 Å². The van der Waals surface area contributed by atoms with Gasteiger partial charge < -0.3 is 5.73 Å². The zero-order chi connectivity index (χ0) is 12.5. The Morgan fingerprint density at radius 3 is 2.72 bits per heavy atom. The summed E-state index contributed by atoms with van der Waals surface area (Å²) in [7, 11) is 0. The van der Waals surface area contributed by atoms with Gasteiger partial charge in [0, 0.05) is 9.35 Å². The highest BCUT2D eigenvalue weighted by atomic mass is 79.9. The number of halogens is 1. The van der Waals surface area contributed by atoms with Crippen LogP contribution in [0.15, 0.2) is 40.2 Å². The predicted molar refractivity (Wildman–Crippen MR) is 81.1 cm³/mol. The van der Waals surface area contributed by atoms with Crippen molar-refractivity contribution >= 4 is 27.3 Å². The van der Waals surface area contributed by atoms with Crippen LogP contribution in [0, 0.1) is 0 Å². The first kappa shape index (κ1) is 12.4. The van der Waals surface area contributed by atoms with E-state index in [9.17, 15) is 0 Å². The van der Waals surface area contributed by atoms with Gasteiger partial charge >= 0.3 is 0 Å². The first-order valence-electron chi connectivity index (χ1n) is 6.34. The van der Waals surface area contributed by atoms with Gasteiger partial charge in [-0.05, 0) is 57.3 Å². The van der Waals surface area contributed by atoms with Gasteiger partial charge in [0.25, 0.3) is 0 Å². The lowest BCUT2D eigenvalue weighted by Crippen LogP contribution is -2.13. The largest absolute Gasteiger partial charge is 0.320 e. The molecule has 0 bridgehead atoms. The minimum absolute atomic E-state index is 0.0144. The smallest absolute Gasteiger partial charge is 0.0657 e. The maximum Gasteiger partial charge on any atom is 0.0657 e. The molecule has 0 spiro atoms. The summed E-state index contributed by atoms with van der Waals surface area (Å²) >= 11 is 5.28. The predicted octanol–water partition coefficient (Wildman–Crippen LogP) is 4.83. The average molecular weight is 322 g/mol. The topological polar surface area (TPSA) is 26.0 Å². The molecule has 1 aliphatic carbocycles. The lowest BCUT2D eigenvalue weighted by atomic mass is 9.79. The molecule has 1 aromatic carbocycles. The average Bonchev–Trinajstić information content (AvgIpc) is 2.73. The Labute approximate surface area is 120 Å². The van der Waals surface area contributed by atoms with Crippen LogP contribution in [-0.2, 0) is 0 Å². The molecule has 1 nitrogen and oxygen atoms in total. The van der Waals surface area contributed by atoms with Crippen molar-refractivity contribution in [1.82, 2.24) is 0 Å². The molecule has 3 rings (SSSR count). The van der Waals surface area contributed by atoms with E-state index < -0.39 is 0 Å². The SMILES string of the molecule is NC(c1cccc(C2CCC2)c1)c1sccc1Br. The molecule has 3 heteroatoms. The molecule has 0 radical (unpaired) electrons. The van der Waals surface area contributed by atoms with Crippen molar-refractivity contribution in [2.45, 2.75) is 31.2 Å². The summed E-state index contributed by atoms with van der Waals surface area (Å²) in [6, 6.07) is 10.9. The van der Waals surface area contributed by atoms with Crippen LogP contribution in [-0.4, -0.2) is 0 Å². The first-order chi connectivity index (χ1) is 8.75. The van der Waals surface area contributed by atoms with Gasteiger partial charge in [-0.15, -0.1) is 11.3 Å². The number of hydrogen-bond donors (Lipinski definition) is 1. The second-order valence-electron chi connectivity index (χ2n) is 4.91. The summed E-state index contributed by atoms with van der Waals surface area (Å²) in [5.74, 6) is 0.768. The molecule has 1 aromatic heterocycles. The molecule has 0 aliphatic heterocycles. The van der Waals surface area contributed by atoms with E-state index >= 15 is 0 Å². The van der Waals surface area contributed by atoms with E-state index in [1.807, 2.05) is 0 Å². The zero-order valence-corrected chi connectivity index (χ0v) is 12.5. The fourth-order valence-electron chi connectivity index (χ4n) is 2.43. The number of benzene rings is 1. The Hall–Kier alpha value is -0.640. The van der Waals surface area contributed by atoms with Gasteiger partial charge in [0.15, 0.2) is 0 Å². The summed E-state index contributed by atoms with van der Waals surface area (Å²) in [4.78, 5) is 1.21. The van der Waals surface area contributed by atoms with Crippen molar-refractivity contribution in [2.75, 3.05) is 0 Å². The van der Waals surface area contributed by atoms with Gasteiger partial charge in [-0.2, -0.15) is 0 Å². The minimum atomic E-state index is -0.0144. The van der Waals surface area contributed by atoms with E-state index in [0.717, 1.165) is 10.4 Å². The Morgan fingerprint density at radius 2 is 2.11 bits per heavy atom. The lowest BCUT2D eigenvalue weighted by Gasteiger charge is -2.26. The van der Waals surface area contributed by atoms with E-state index in [0.29, 0.717) is 0 Å². The number of nitrogens with two attached hydrogens (primary N) is 1. The quantitative estimate of drug-likeness (QED) is 0.861. The van der Waals surface area contributed by atoms with Crippen molar-refractivity contribution in [3.63, 3.8) is 0 Å². The summed E-state index contributed by atoms with van der Waals surface area (Å²) in [5, 5.41) is 2.08. The molecule has 1 fully saturated rings. The second-order valence-corrected chi connectivity index (χ2v) is 6.71. The van der Waals surface area contributed by atoms with Gasteiger partial charge in [-0.1, -0.05) is 30.7 Å². The third-order valence-electron chi connectivity index (χ3n) is 3.77. The van der Waals surface area contributed by atoms with Crippen LogP contribution in [0.25, 0.3) is 0 Å². The lowest BCUT2D eigenvalue weighted by molar-refractivity contribution is 0.419. The molecule has 2 N–H and O–H groups in total. The maximum atomic E-state index is 6.37. The van der Waals surface area contributed by atoms with Crippen LogP contribution in [0.4, 0.5) is 0 Å². The molecule has 1 saturated carbocycles. The highest BCUT2D eigenvalue weighted by Crippen LogP contribution is 2.38. The molecule has 0 amide bonds. The van der Waals surface area contributed by atoms with Gasteiger partial charge in [-0.25, -0.2) is 0 Å². The van der Waals surface area contributed by atoms with Gasteiger partial charge in [0.1, 0.15) is 0 Å².